The highest BCUT2D eigenvalue weighted by Gasteiger charge is 2.45. The van der Waals surface area contributed by atoms with Gasteiger partial charge in [-0.1, -0.05) is 32.9 Å². The summed E-state index contributed by atoms with van der Waals surface area (Å²) in [7, 11) is -4.96. The Labute approximate surface area is 132 Å². The lowest BCUT2D eigenvalue weighted by Crippen LogP contribution is -2.39. The molecule has 1 N–H and O–H groups in total. The second kappa shape index (κ2) is 6.48. The lowest BCUT2D eigenvalue weighted by molar-refractivity contribution is -0.197. The molecule has 0 aliphatic rings. The minimum atomic E-state index is -5.11. The zero-order valence-electron chi connectivity index (χ0n) is 12.7. The van der Waals surface area contributed by atoms with E-state index in [4.69, 9.17) is 4.55 Å². The van der Waals surface area contributed by atoms with Gasteiger partial charge in [-0.3, -0.25) is 4.55 Å². The van der Waals surface area contributed by atoms with Crippen molar-refractivity contribution in [2.45, 2.75) is 38.5 Å². The van der Waals surface area contributed by atoms with Crippen LogP contribution in [0.4, 0.5) is 13.2 Å². The van der Waals surface area contributed by atoms with E-state index in [2.05, 4.69) is 4.74 Å². The Balaban J connectivity index is 2.95. The number of carbonyl (C=O) groups is 1. The van der Waals surface area contributed by atoms with Gasteiger partial charge in [0.25, 0.3) is 10.1 Å². The maximum absolute atomic E-state index is 12.7. The summed E-state index contributed by atoms with van der Waals surface area (Å²) in [6.07, 6.45) is -8.05. The van der Waals surface area contributed by atoms with Crippen LogP contribution in [-0.2, 0) is 20.3 Å². The van der Waals surface area contributed by atoms with Crippen molar-refractivity contribution in [2.24, 2.45) is 0 Å². The smallest absolute Gasteiger partial charge is 0.426 e. The molecule has 0 saturated heterocycles. The number of halogens is 3. The molecule has 1 atom stereocenters. The number of hydrogen-bond acceptors (Lipinski definition) is 4. The highest BCUT2D eigenvalue weighted by Crippen LogP contribution is 2.26. The van der Waals surface area contributed by atoms with Gasteiger partial charge in [0.1, 0.15) is 5.75 Å². The molecule has 23 heavy (non-hydrogen) atoms. The average molecular weight is 354 g/mol. The minimum Gasteiger partial charge on any atom is -0.448 e. The van der Waals surface area contributed by atoms with Gasteiger partial charge in [0.2, 0.25) is 6.10 Å². The third kappa shape index (κ3) is 6.19. The highest BCUT2D eigenvalue weighted by molar-refractivity contribution is 7.85. The molecule has 1 aromatic carbocycles. The molecule has 130 valence electrons. The second-order valence-electron chi connectivity index (χ2n) is 6.01. The van der Waals surface area contributed by atoms with E-state index >= 15 is 0 Å². The summed E-state index contributed by atoms with van der Waals surface area (Å²) in [5.74, 6) is -3.07. The van der Waals surface area contributed by atoms with Crippen LogP contribution in [0.2, 0.25) is 0 Å². The molecule has 0 fully saturated rings. The van der Waals surface area contributed by atoms with E-state index in [9.17, 15) is 26.4 Å². The van der Waals surface area contributed by atoms with E-state index in [1.807, 2.05) is 20.8 Å². The number of benzene rings is 1. The lowest BCUT2D eigenvalue weighted by atomic mass is 9.87. The Morgan fingerprint density at radius 1 is 1.17 bits per heavy atom. The zero-order valence-corrected chi connectivity index (χ0v) is 13.5. The Morgan fingerprint density at radius 3 is 2.00 bits per heavy atom. The minimum absolute atomic E-state index is 0.150. The van der Waals surface area contributed by atoms with Crippen LogP contribution < -0.4 is 0 Å². The largest absolute Gasteiger partial charge is 0.448 e. The van der Waals surface area contributed by atoms with Gasteiger partial charge >= 0.3 is 12.1 Å². The summed E-state index contributed by atoms with van der Waals surface area (Å²) in [6.45, 7) is 5.77. The second-order valence-corrected chi connectivity index (χ2v) is 7.51. The first-order valence-electron chi connectivity index (χ1n) is 6.53. The van der Waals surface area contributed by atoms with Crippen LogP contribution in [0.1, 0.15) is 36.7 Å². The van der Waals surface area contributed by atoms with Gasteiger partial charge in [-0.05, 0) is 23.1 Å². The fraction of sp³-hybridized carbons (Fsp3) is 0.500. The van der Waals surface area contributed by atoms with Gasteiger partial charge in [0.05, 0.1) is 5.56 Å². The normalized spacial score (nSPS) is 14.4. The van der Waals surface area contributed by atoms with Crippen molar-refractivity contribution in [3.63, 3.8) is 0 Å². The summed E-state index contributed by atoms with van der Waals surface area (Å²) in [5, 5.41) is 0. The van der Waals surface area contributed by atoms with Crippen LogP contribution in [0.5, 0.6) is 0 Å². The summed E-state index contributed by atoms with van der Waals surface area (Å²) in [5.41, 5.74) is 0.504. The maximum Gasteiger partial charge on any atom is 0.426 e. The molecule has 0 aromatic heterocycles. The topological polar surface area (TPSA) is 80.7 Å². The molecule has 1 aromatic rings. The monoisotopic (exact) mass is 354 g/mol. The average Bonchev–Trinajstić information content (AvgIpc) is 2.34. The first kappa shape index (κ1) is 19.4. The third-order valence-corrected chi connectivity index (χ3v) is 3.69. The first-order chi connectivity index (χ1) is 10.2. The fourth-order valence-corrected chi connectivity index (χ4v) is 2.33. The molecule has 0 bridgehead atoms. The van der Waals surface area contributed by atoms with Gasteiger partial charge < -0.3 is 4.74 Å². The number of rotatable bonds is 4. The van der Waals surface area contributed by atoms with Crippen molar-refractivity contribution in [1.82, 2.24) is 0 Å². The molecule has 9 heteroatoms. The Bertz CT molecular complexity index is 657. The van der Waals surface area contributed by atoms with Gasteiger partial charge in [-0.25, -0.2) is 4.79 Å². The van der Waals surface area contributed by atoms with Gasteiger partial charge in [0.15, 0.2) is 0 Å². The van der Waals surface area contributed by atoms with Crippen molar-refractivity contribution in [3.05, 3.63) is 35.4 Å². The lowest BCUT2D eigenvalue weighted by Gasteiger charge is -2.21. The van der Waals surface area contributed by atoms with Gasteiger partial charge in [0, 0.05) is 0 Å². The number of hydrogen-bond donors (Lipinski definition) is 1. The van der Waals surface area contributed by atoms with Crippen LogP contribution in [-0.4, -0.2) is 37.0 Å². The molecule has 0 saturated carbocycles. The number of carbonyl (C=O) groups excluding carboxylic acids is 1. The SMILES string of the molecule is CC(C)(C)c1ccc(C(=O)OC(CS(=O)(=O)O)C(F)(F)F)cc1. The van der Waals surface area contributed by atoms with E-state index in [0.29, 0.717) is 0 Å². The first-order valence-corrected chi connectivity index (χ1v) is 8.14. The third-order valence-electron chi connectivity index (χ3n) is 2.96. The van der Waals surface area contributed by atoms with E-state index in [1.54, 1.807) is 12.1 Å². The van der Waals surface area contributed by atoms with Crippen molar-refractivity contribution >= 4 is 16.1 Å². The fourth-order valence-electron chi connectivity index (χ4n) is 1.69. The van der Waals surface area contributed by atoms with Gasteiger partial charge in [-0.15, -0.1) is 0 Å². The molecule has 0 heterocycles. The zero-order chi connectivity index (χ0) is 18.1. The van der Waals surface area contributed by atoms with Crippen LogP contribution >= 0.6 is 0 Å². The predicted molar refractivity (Wildman–Crippen MR) is 76.8 cm³/mol. The summed E-state index contributed by atoms with van der Waals surface area (Å²) >= 11 is 0. The van der Waals surface area contributed by atoms with Crippen LogP contribution in [0.3, 0.4) is 0 Å². The van der Waals surface area contributed by atoms with E-state index in [0.717, 1.165) is 5.56 Å². The molecule has 0 radical (unpaired) electrons. The summed E-state index contributed by atoms with van der Waals surface area (Å²) in [6, 6.07) is 5.73. The molecular formula is C14H17F3O5S. The molecular weight excluding hydrogens is 337 g/mol. The molecule has 0 amide bonds. The predicted octanol–water partition coefficient (Wildman–Crippen LogP) is 2.96. The molecule has 1 unspecified atom stereocenters. The highest BCUT2D eigenvalue weighted by atomic mass is 32.2. The van der Waals surface area contributed by atoms with Crippen molar-refractivity contribution in [3.8, 4) is 0 Å². The molecule has 0 spiro atoms. The maximum atomic E-state index is 12.7. The molecule has 5 nitrogen and oxygen atoms in total. The summed E-state index contributed by atoms with van der Waals surface area (Å²) in [4.78, 5) is 11.7. The Kier molecular flexibility index (Phi) is 5.48. The Morgan fingerprint density at radius 2 is 1.65 bits per heavy atom. The van der Waals surface area contributed by atoms with Gasteiger partial charge in [-0.2, -0.15) is 21.6 Å². The van der Waals surface area contributed by atoms with Crippen molar-refractivity contribution in [2.75, 3.05) is 5.75 Å². The van der Waals surface area contributed by atoms with Crippen LogP contribution in [0, 0.1) is 0 Å². The quantitative estimate of drug-likeness (QED) is 0.664. The number of ether oxygens (including phenoxy) is 1. The van der Waals surface area contributed by atoms with Crippen molar-refractivity contribution in [1.29, 1.82) is 0 Å². The van der Waals surface area contributed by atoms with E-state index in [-0.39, 0.29) is 11.0 Å². The number of alkyl halides is 3. The van der Waals surface area contributed by atoms with E-state index in [1.165, 1.54) is 12.1 Å². The molecule has 1 rings (SSSR count). The molecule has 0 aliphatic heterocycles. The number of esters is 1. The standard InChI is InChI=1S/C14H17F3O5S/c1-13(2,3)10-6-4-9(5-7-10)12(18)22-11(14(15,16)17)8-23(19,20)21/h4-7,11H,8H2,1-3H3,(H,19,20,21). The summed E-state index contributed by atoms with van der Waals surface area (Å²) < 4.78 is 72.1. The van der Waals surface area contributed by atoms with E-state index < -0.39 is 34.1 Å². The van der Waals surface area contributed by atoms with Crippen molar-refractivity contribution < 1.29 is 35.7 Å². The van der Waals surface area contributed by atoms with Crippen LogP contribution in [0.25, 0.3) is 0 Å². The van der Waals surface area contributed by atoms with Crippen LogP contribution in [0.15, 0.2) is 24.3 Å². The molecule has 0 aliphatic carbocycles. The Hall–Kier alpha value is -1.61.